The van der Waals surface area contributed by atoms with Gasteiger partial charge in [-0.25, -0.2) is 4.79 Å². The lowest BCUT2D eigenvalue weighted by Crippen LogP contribution is -2.59. The van der Waals surface area contributed by atoms with E-state index in [0.29, 0.717) is 6.42 Å². The third-order valence-corrected chi connectivity index (χ3v) is 4.61. The van der Waals surface area contributed by atoms with Crippen LogP contribution in [0.4, 0.5) is 0 Å². The van der Waals surface area contributed by atoms with Crippen LogP contribution in [0.3, 0.4) is 0 Å². The average molecular weight is 462 g/mol. The topological polar surface area (TPSA) is 245 Å². The zero-order valence-corrected chi connectivity index (χ0v) is 17.7. The fraction of sp³-hybridized carbons (Fsp3) is 0.667. The Balaban J connectivity index is 5.29. The van der Waals surface area contributed by atoms with Crippen LogP contribution in [-0.4, -0.2) is 86.8 Å². The molecule has 0 rings (SSSR count). The minimum Gasteiger partial charge on any atom is -0.481 e. The second-order valence-corrected chi connectivity index (χ2v) is 7.15. The molecule has 0 aromatic carbocycles. The Morgan fingerprint density at radius 1 is 0.844 bits per heavy atom. The summed E-state index contributed by atoms with van der Waals surface area (Å²) in [6.07, 6.45) is -1.15. The summed E-state index contributed by atoms with van der Waals surface area (Å²) >= 11 is 0. The summed E-state index contributed by atoms with van der Waals surface area (Å²) in [7, 11) is 0. The molecule has 0 aliphatic heterocycles. The second kappa shape index (κ2) is 13.9. The lowest BCUT2D eigenvalue weighted by atomic mass is 9.98. The summed E-state index contributed by atoms with van der Waals surface area (Å²) < 4.78 is 0. The van der Waals surface area contributed by atoms with Gasteiger partial charge in [0.1, 0.15) is 18.1 Å². The number of carboxylic acids is 3. The van der Waals surface area contributed by atoms with Crippen LogP contribution in [0.1, 0.15) is 39.5 Å². The number of carbonyl (C=O) groups is 6. The molecule has 0 heterocycles. The van der Waals surface area contributed by atoms with E-state index in [1.54, 1.807) is 13.8 Å². The first-order chi connectivity index (χ1) is 14.8. The highest BCUT2D eigenvalue weighted by Gasteiger charge is 2.32. The fourth-order valence-corrected chi connectivity index (χ4v) is 2.48. The maximum atomic E-state index is 12.5. The molecule has 14 nitrogen and oxygen atoms in total. The average Bonchev–Trinajstić information content (AvgIpc) is 2.71. The Labute approximate surface area is 183 Å². The van der Waals surface area contributed by atoms with Gasteiger partial charge < -0.3 is 42.1 Å². The number of hydrogen-bond acceptors (Lipinski definition) is 8. The molecule has 0 bridgehead atoms. The van der Waals surface area contributed by atoms with E-state index in [4.69, 9.17) is 15.9 Å². The maximum Gasteiger partial charge on any atom is 0.326 e. The standard InChI is InChI=1S/C18H30N4O10/c1-3-8(2)14(18(31)32)22-16(29)10(6-13(26)27)20-17(30)11(7-23)21-15(28)9(19)4-5-12(24)25/h8-11,14,23H,3-7,19H2,1-2H3,(H,20,30)(H,21,28)(H,22,29)(H,24,25)(H,26,27)(H,31,32). The molecule has 5 atom stereocenters. The number of nitrogens with two attached hydrogens (primary N) is 1. The van der Waals surface area contributed by atoms with Crippen molar-refractivity contribution in [2.45, 2.75) is 63.7 Å². The number of carboxylic acid groups (broad SMARTS) is 3. The van der Waals surface area contributed by atoms with Crippen LogP contribution < -0.4 is 21.7 Å². The van der Waals surface area contributed by atoms with Crippen LogP contribution in [0, 0.1) is 5.92 Å². The summed E-state index contributed by atoms with van der Waals surface area (Å²) in [5.74, 6) is -7.64. The zero-order valence-electron chi connectivity index (χ0n) is 17.7. The molecule has 14 heteroatoms. The third kappa shape index (κ3) is 10.2. The van der Waals surface area contributed by atoms with E-state index in [1.165, 1.54) is 0 Å². The summed E-state index contributed by atoms with van der Waals surface area (Å²) in [6.45, 7) is 2.32. The minimum absolute atomic E-state index is 0.239. The molecule has 0 fully saturated rings. The van der Waals surface area contributed by atoms with Crippen molar-refractivity contribution in [2.24, 2.45) is 11.7 Å². The van der Waals surface area contributed by atoms with E-state index in [0.717, 1.165) is 0 Å². The summed E-state index contributed by atoms with van der Waals surface area (Å²) in [6, 6.07) is -5.94. The molecule has 0 spiro atoms. The molecule has 182 valence electrons. The van der Waals surface area contributed by atoms with Crippen LogP contribution >= 0.6 is 0 Å². The number of aliphatic carboxylic acids is 3. The number of rotatable bonds is 15. The van der Waals surface area contributed by atoms with Gasteiger partial charge >= 0.3 is 17.9 Å². The highest BCUT2D eigenvalue weighted by Crippen LogP contribution is 2.09. The molecular weight excluding hydrogens is 432 g/mol. The molecule has 0 saturated carbocycles. The molecule has 0 aromatic heterocycles. The number of aliphatic hydroxyl groups is 1. The zero-order chi connectivity index (χ0) is 25.0. The molecule has 0 aliphatic rings. The molecular formula is C18H30N4O10. The number of nitrogens with one attached hydrogen (secondary N) is 3. The van der Waals surface area contributed by atoms with Crippen molar-refractivity contribution in [2.75, 3.05) is 6.61 Å². The Bertz CT molecular complexity index is 714. The number of amides is 3. The molecule has 3 amide bonds. The smallest absolute Gasteiger partial charge is 0.326 e. The highest BCUT2D eigenvalue weighted by molar-refractivity contribution is 5.95. The maximum absolute atomic E-state index is 12.5. The minimum atomic E-state index is -1.70. The SMILES string of the molecule is CCC(C)C(NC(=O)C(CC(=O)O)NC(=O)C(CO)NC(=O)C(N)CCC(=O)O)C(=O)O. The first-order valence-corrected chi connectivity index (χ1v) is 9.77. The lowest BCUT2D eigenvalue weighted by molar-refractivity contribution is -0.145. The third-order valence-electron chi connectivity index (χ3n) is 4.61. The first kappa shape index (κ1) is 28.7. The van der Waals surface area contributed by atoms with Crippen molar-refractivity contribution in [3.63, 3.8) is 0 Å². The molecule has 9 N–H and O–H groups in total. The molecule has 0 aromatic rings. The summed E-state index contributed by atoms with van der Waals surface area (Å²) in [5, 5.41) is 42.6. The van der Waals surface area contributed by atoms with Gasteiger partial charge in [0, 0.05) is 6.42 Å². The van der Waals surface area contributed by atoms with Crippen LogP contribution in [0.25, 0.3) is 0 Å². The van der Waals surface area contributed by atoms with Crippen molar-refractivity contribution in [3.8, 4) is 0 Å². The first-order valence-electron chi connectivity index (χ1n) is 9.77. The largest absolute Gasteiger partial charge is 0.481 e. The Kier molecular flexibility index (Phi) is 12.5. The van der Waals surface area contributed by atoms with Crippen molar-refractivity contribution in [1.82, 2.24) is 16.0 Å². The normalized spacial score (nSPS) is 15.4. The highest BCUT2D eigenvalue weighted by atomic mass is 16.4. The van der Waals surface area contributed by atoms with E-state index in [9.17, 15) is 39.0 Å². The van der Waals surface area contributed by atoms with Gasteiger partial charge in [-0.2, -0.15) is 0 Å². The van der Waals surface area contributed by atoms with E-state index in [-0.39, 0.29) is 6.42 Å². The molecule has 0 radical (unpaired) electrons. The van der Waals surface area contributed by atoms with Crippen LogP contribution in [0.15, 0.2) is 0 Å². The van der Waals surface area contributed by atoms with E-state index in [1.807, 2.05) is 0 Å². The molecule has 0 aliphatic carbocycles. The predicted molar refractivity (Wildman–Crippen MR) is 107 cm³/mol. The summed E-state index contributed by atoms with van der Waals surface area (Å²) in [4.78, 5) is 69.9. The molecule has 0 saturated heterocycles. The number of aliphatic hydroxyl groups excluding tert-OH is 1. The monoisotopic (exact) mass is 462 g/mol. The van der Waals surface area contributed by atoms with E-state index < -0.39 is 85.2 Å². The van der Waals surface area contributed by atoms with Crippen molar-refractivity contribution in [3.05, 3.63) is 0 Å². The van der Waals surface area contributed by atoms with Gasteiger partial charge in [0.2, 0.25) is 17.7 Å². The quantitative estimate of drug-likeness (QED) is 0.124. The fourth-order valence-electron chi connectivity index (χ4n) is 2.48. The molecule has 5 unspecified atom stereocenters. The van der Waals surface area contributed by atoms with Crippen molar-refractivity contribution in [1.29, 1.82) is 0 Å². The van der Waals surface area contributed by atoms with Crippen LogP contribution in [0.2, 0.25) is 0 Å². The van der Waals surface area contributed by atoms with Gasteiger partial charge in [-0.3, -0.25) is 24.0 Å². The van der Waals surface area contributed by atoms with E-state index >= 15 is 0 Å². The Hall–Kier alpha value is -3.26. The van der Waals surface area contributed by atoms with Gasteiger partial charge in [-0.1, -0.05) is 20.3 Å². The summed E-state index contributed by atoms with van der Waals surface area (Å²) in [5.41, 5.74) is 5.52. The van der Waals surface area contributed by atoms with Crippen molar-refractivity contribution < 1.29 is 49.2 Å². The number of carbonyl (C=O) groups excluding carboxylic acids is 3. The van der Waals surface area contributed by atoms with Gasteiger partial charge in [0.05, 0.1) is 19.1 Å². The molecule has 32 heavy (non-hydrogen) atoms. The lowest BCUT2D eigenvalue weighted by Gasteiger charge is -2.25. The number of hydrogen-bond donors (Lipinski definition) is 8. The Morgan fingerprint density at radius 3 is 1.81 bits per heavy atom. The van der Waals surface area contributed by atoms with E-state index in [2.05, 4.69) is 16.0 Å². The second-order valence-electron chi connectivity index (χ2n) is 7.15. The van der Waals surface area contributed by atoms with Crippen LogP contribution in [-0.2, 0) is 28.8 Å². The Morgan fingerprint density at radius 2 is 1.38 bits per heavy atom. The predicted octanol–water partition coefficient (Wildman–Crippen LogP) is -2.77. The van der Waals surface area contributed by atoms with Gasteiger partial charge in [0.15, 0.2) is 0 Å². The van der Waals surface area contributed by atoms with Gasteiger partial charge in [-0.15, -0.1) is 0 Å². The van der Waals surface area contributed by atoms with Gasteiger partial charge in [-0.05, 0) is 12.3 Å². The van der Waals surface area contributed by atoms with Gasteiger partial charge in [0.25, 0.3) is 0 Å². The van der Waals surface area contributed by atoms with Crippen molar-refractivity contribution >= 4 is 35.6 Å². The van der Waals surface area contributed by atoms with Crippen LogP contribution in [0.5, 0.6) is 0 Å².